The van der Waals surface area contributed by atoms with E-state index in [1.807, 2.05) is 0 Å². The number of carbonyl (C=O) groups excluding carboxylic acids is 1. The number of aromatic nitrogens is 1. The summed E-state index contributed by atoms with van der Waals surface area (Å²) in [5, 5.41) is 6.39. The number of unbranched alkanes of at least 4 members (excludes halogenated alkanes) is 2. The molecule has 1 aromatic heterocycles. The Morgan fingerprint density at radius 3 is 2.53 bits per heavy atom. The molecule has 1 aromatic rings. The highest BCUT2D eigenvalue weighted by molar-refractivity contribution is 7.09. The van der Waals surface area contributed by atoms with E-state index in [0.717, 1.165) is 37.2 Å². The second kappa shape index (κ2) is 12.0. The molecular formula is C23H40N2O3SSi. The van der Waals surface area contributed by atoms with E-state index in [2.05, 4.69) is 63.9 Å². The van der Waals surface area contributed by atoms with Crippen LogP contribution >= 0.6 is 11.3 Å². The Morgan fingerprint density at radius 1 is 1.33 bits per heavy atom. The molecule has 0 bridgehead atoms. The van der Waals surface area contributed by atoms with Gasteiger partial charge in [-0.25, -0.2) is 9.78 Å². The molecule has 0 aliphatic heterocycles. The van der Waals surface area contributed by atoms with Crippen molar-refractivity contribution >= 4 is 25.6 Å². The van der Waals surface area contributed by atoms with Gasteiger partial charge in [0.05, 0.1) is 13.2 Å². The van der Waals surface area contributed by atoms with Gasteiger partial charge in [-0.1, -0.05) is 34.6 Å². The molecule has 0 amide bonds. The summed E-state index contributed by atoms with van der Waals surface area (Å²) in [6.45, 7) is 16.6. The van der Waals surface area contributed by atoms with Crippen molar-refractivity contribution in [2.24, 2.45) is 5.92 Å². The van der Waals surface area contributed by atoms with Crippen molar-refractivity contribution in [3.05, 3.63) is 16.1 Å². The number of hydrogen-bond acceptors (Lipinski definition) is 6. The van der Waals surface area contributed by atoms with Gasteiger partial charge in [-0.2, -0.15) is 0 Å². The molecule has 0 fully saturated rings. The highest BCUT2D eigenvalue weighted by Crippen LogP contribution is 2.41. The Kier molecular flexibility index (Phi) is 10.7. The zero-order valence-corrected chi connectivity index (χ0v) is 21.8. The van der Waals surface area contributed by atoms with Gasteiger partial charge in [0.2, 0.25) is 0 Å². The quantitative estimate of drug-likeness (QED) is 0.188. The van der Waals surface area contributed by atoms with Crippen LogP contribution in [0.25, 0.3) is 0 Å². The predicted molar refractivity (Wildman–Crippen MR) is 128 cm³/mol. The Labute approximate surface area is 188 Å². The van der Waals surface area contributed by atoms with Crippen molar-refractivity contribution in [1.82, 2.24) is 10.3 Å². The van der Waals surface area contributed by atoms with Gasteiger partial charge in [-0.15, -0.1) is 23.7 Å². The highest BCUT2D eigenvalue weighted by Gasteiger charge is 2.40. The number of ether oxygens (including phenoxy) is 1. The first-order valence-electron chi connectivity index (χ1n) is 10.8. The lowest BCUT2D eigenvalue weighted by atomic mass is 9.97. The Morgan fingerprint density at radius 2 is 2.00 bits per heavy atom. The molecule has 170 valence electrons. The van der Waals surface area contributed by atoms with Crippen LogP contribution in [0, 0.1) is 18.3 Å². The third kappa shape index (κ3) is 8.14. The molecule has 7 heteroatoms. The molecule has 0 aliphatic carbocycles. The van der Waals surface area contributed by atoms with Gasteiger partial charge in [0.25, 0.3) is 0 Å². The first-order valence-corrected chi connectivity index (χ1v) is 14.6. The van der Waals surface area contributed by atoms with E-state index in [1.165, 1.54) is 18.4 Å². The standard InChI is InChI=1S/C23H40N2O3SSi/c1-10-11-12-13-14-24-18(17(2)3)15-20(28-30(8,9)23(4,5)6)21-25-19(16-29-21)22(26)27-7/h1,16-18,20,24H,11-15H2,2-9H3/t18-,20-/m1/s1. The van der Waals surface area contributed by atoms with E-state index in [1.54, 1.807) is 5.38 Å². The van der Waals surface area contributed by atoms with E-state index in [4.69, 9.17) is 15.6 Å². The maximum atomic E-state index is 11.9. The summed E-state index contributed by atoms with van der Waals surface area (Å²) in [4.78, 5) is 16.5. The fourth-order valence-corrected chi connectivity index (χ4v) is 5.01. The van der Waals surface area contributed by atoms with Crippen molar-refractivity contribution in [2.45, 2.75) is 90.6 Å². The monoisotopic (exact) mass is 452 g/mol. The normalized spacial score (nSPS) is 14.4. The first-order chi connectivity index (χ1) is 13.9. The summed E-state index contributed by atoms with van der Waals surface area (Å²) in [7, 11) is -0.648. The van der Waals surface area contributed by atoms with Crippen molar-refractivity contribution in [3.8, 4) is 12.3 Å². The van der Waals surface area contributed by atoms with Gasteiger partial charge in [0.15, 0.2) is 14.0 Å². The third-order valence-corrected chi connectivity index (χ3v) is 11.3. The number of rotatable bonds is 12. The molecule has 0 aliphatic rings. The summed E-state index contributed by atoms with van der Waals surface area (Å²) >= 11 is 1.48. The van der Waals surface area contributed by atoms with Crippen molar-refractivity contribution in [1.29, 1.82) is 0 Å². The molecule has 2 atom stereocenters. The molecule has 0 saturated heterocycles. The maximum Gasteiger partial charge on any atom is 0.357 e. The number of terminal acetylenes is 1. The number of esters is 1. The number of thiazole rings is 1. The molecule has 0 unspecified atom stereocenters. The molecule has 5 nitrogen and oxygen atoms in total. The molecule has 30 heavy (non-hydrogen) atoms. The van der Waals surface area contributed by atoms with Crippen molar-refractivity contribution < 1.29 is 14.0 Å². The van der Waals surface area contributed by atoms with Crippen LogP contribution in [-0.2, 0) is 9.16 Å². The third-order valence-electron chi connectivity index (χ3n) is 5.86. The minimum absolute atomic E-state index is 0.0870. The topological polar surface area (TPSA) is 60.5 Å². The van der Waals surface area contributed by atoms with Crippen LogP contribution in [0.4, 0.5) is 0 Å². The number of nitrogens with one attached hydrogen (secondary N) is 1. The number of methoxy groups -OCH3 is 1. The molecule has 0 saturated carbocycles. The fraction of sp³-hybridized carbons (Fsp3) is 0.739. The van der Waals surface area contributed by atoms with Gasteiger partial charge >= 0.3 is 5.97 Å². The lowest BCUT2D eigenvalue weighted by Gasteiger charge is -2.40. The van der Waals surface area contributed by atoms with E-state index in [0.29, 0.717) is 11.6 Å². The van der Waals surface area contributed by atoms with E-state index in [-0.39, 0.29) is 17.2 Å². The van der Waals surface area contributed by atoms with Crippen molar-refractivity contribution in [3.63, 3.8) is 0 Å². The Bertz CT molecular complexity index is 704. The Hall–Kier alpha value is -1.20. The van der Waals surface area contributed by atoms with Crippen LogP contribution in [0.1, 0.15) is 81.9 Å². The van der Waals surface area contributed by atoms with Gasteiger partial charge in [0.1, 0.15) is 5.01 Å². The van der Waals surface area contributed by atoms with Gasteiger partial charge in [0, 0.05) is 17.8 Å². The highest BCUT2D eigenvalue weighted by atomic mass is 32.1. The summed E-state index contributed by atoms with van der Waals surface area (Å²) in [6.07, 6.45) is 8.93. The number of carbonyl (C=O) groups is 1. The molecule has 1 rings (SSSR count). The van der Waals surface area contributed by atoms with Crippen LogP contribution in [0.3, 0.4) is 0 Å². The Balaban J connectivity index is 3.05. The lowest BCUT2D eigenvalue weighted by Crippen LogP contribution is -2.44. The average Bonchev–Trinajstić information content (AvgIpc) is 3.14. The van der Waals surface area contributed by atoms with Gasteiger partial charge in [-0.05, 0) is 49.9 Å². The SMILES string of the molecule is C#CCCCCN[C@H](C[C@@H](O[Si](C)(C)C(C)(C)C)c1nc(C(=O)OC)cs1)C(C)C. The second-order valence-corrected chi connectivity index (χ2v) is 15.3. The van der Waals surface area contributed by atoms with E-state index >= 15 is 0 Å². The molecule has 0 aromatic carbocycles. The summed E-state index contributed by atoms with van der Waals surface area (Å²) in [5.74, 6) is 2.74. The zero-order chi connectivity index (χ0) is 22.9. The molecule has 0 radical (unpaired) electrons. The smallest absolute Gasteiger partial charge is 0.357 e. The van der Waals surface area contributed by atoms with Crippen LogP contribution in [0.2, 0.25) is 18.1 Å². The molecule has 0 spiro atoms. The van der Waals surface area contributed by atoms with Gasteiger partial charge in [-0.3, -0.25) is 0 Å². The summed E-state index contributed by atoms with van der Waals surface area (Å²) < 4.78 is 11.6. The lowest BCUT2D eigenvalue weighted by molar-refractivity contribution is 0.0594. The summed E-state index contributed by atoms with van der Waals surface area (Å²) in [5.41, 5.74) is 0.352. The maximum absolute atomic E-state index is 11.9. The average molecular weight is 453 g/mol. The largest absolute Gasteiger partial charge is 0.464 e. The predicted octanol–water partition coefficient (Wildman–Crippen LogP) is 5.80. The molecular weight excluding hydrogens is 412 g/mol. The van der Waals surface area contributed by atoms with E-state index < -0.39 is 14.3 Å². The minimum atomic E-state index is -2.03. The zero-order valence-electron chi connectivity index (χ0n) is 20.0. The van der Waals surface area contributed by atoms with Crippen LogP contribution < -0.4 is 5.32 Å². The molecule has 1 heterocycles. The fourth-order valence-electron chi connectivity index (χ4n) is 2.83. The summed E-state index contributed by atoms with van der Waals surface area (Å²) in [6, 6.07) is 0.288. The van der Waals surface area contributed by atoms with Crippen LogP contribution in [-0.4, -0.2) is 39.0 Å². The molecule has 1 N–H and O–H groups in total. The number of hydrogen-bond donors (Lipinski definition) is 1. The van der Waals surface area contributed by atoms with Gasteiger partial charge < -0.3 is 14.5 Å². The van der Waals surface area contributed by atoms with Crippen molar-refractivity contribution in [2.75, 3.05) is 13.7 Å². The van der Waals surface area contributed by atoms with E-state index in [9.17, 15) is 4.79 Å². The first kappa shape index (κ1) is 26.8. The minimum Gasteiger partial charge on any atom is -0.464 e. The van der Waals surface area contributed by atoms with Crippen LogP contribution in [0.5, 0.6) is 0 Å². The second-order valence-electron chi connectivity index (χ2n) is 9.63. The number of nitrogens with zero attached hydrogens (tertiary/aromatic N) is 1. The van der Waals surface area contributed by atoms with Crippen LogP contribution in [0.15, 0.2) is 5.38 Å².